The third kappa shape index (κ3) is 4.80. The Labute approximate surface area is 189 Å². The molecule has 3 aromatic rings. The Balaban J connectivity index is 1.41. The van der Waals surface area contributed by atoms with E-state index in [4.69, 9.17) is 10.00 Å². The summed E-state index contributed by atoms with van der Waals surface area (Å²) in [6.07, 6.45) is 2.64. The van der Waals surface area contributed by atoms with Crippen molar-refractivity contribution in [2.75, 3.05) is 7.11 Å². The minimum absolute atomic E-state index is 0.0368. The molecule has 1 heterocycles. The van der Waals surface area contributed by atoms with Crippen molar-refractivity contribution in [3.05, 3.63) is 88.3 Å². The third-order valence-electron chi connectivity index (χ3n) is 5.46. The van der Waals surface area contributed by atoms with Crippen molar-refractivity contribution in [1.82, 2.24) is 20.6 Å². The number of carbonyl (C=O) groups is 2. The third-order valence-corrected chi connectivity index (χ3v) is 5.46. The van der Waals surface area contributed by atoms with Gasteiger partial charge in [0.15, 0.2) is 11.6 Å². The minimum atomic E-state index is -0.495. The van der Waals surface area contributed by atoms with E-state index in [0.29, 0.717) is 11.1 Å². The van der Waals surface area contributed by atoms with Gasteiger partial charge in [-0.25, -0.2) is 14.4 Å². The molecule has 166 valence electrons. The SMILES string of the molecule is COc1cc(CNC(=O)c2cc(C(=O)N[C@H]3CCc4cc(C#N)ccc43)ncn2)ccc1F. The second-order valence-electron chi connectivity index (χ2n) is 7.53. The molecule has 0 radical (unpaired) electrons. The van der Waals surface area contributed by atoms with Crippen molar-refractivity contribution >= 4 is 11.8 Å². The van der Waals surface area contributed by atoms with Crippen molar-refractivity contribution in [2.24, 2.45) is 0 Å². The van der Waals surface area contributed by atoms with E-state index in [9.17, 15) is 14.0 Å². The van der Waals surface area contributed by atoms with Gasteiger partial charge in [-0.2, -0.15) is 5.26 Å². The number of carbonyl (C=O) groups excluding carboxylic acids is 2. The lowest BCUT2D eigenvalue weighted by Crippen LogP contribution is -2.29. The minimum Gasteiger partial charge on any atom is -0.494 e. The van der Waals surface area contributed by atoms with Crippen LogP contribution in [0.5, 0.6) is 5.75 Å². The van der Waals surface area contributed by atoms with Crippen LogP contribution in [0.1, 0.15) is 55.7 Å². The van der Waals surface area contributed by atoms with Gasteiger partial charge in [0, 0.05) is 12.6 Å². The normalized spacial score (nSPS) is 14.2. The first-order valence-electron chi connectivity index (χ1n) is 10.2. The number of nitrogens with zero attached hydrogens (tertiary/aromatic N) is 3. The summed E-state index contributed by atoms with van der Waals surface area (Å²) in [6.45, 7) is 0.130. The van der Waals surface area contributed by atoms with Crippen molar-refractivity contribution in [3.8, 4) is 11.8 Å². The van der Waals surface area contributed by atoms with Gasteiger partial charge in [-0.15, -0.1) is 0 Å². The maximum Gasteiger partial charge on any atom is 0.270 e. The average Bonchev–Trinajstić information content (AvgIpc) is 3.25. The molecule has 33 heavy (non-hydrogen) atoms. The van der Waals surface area contributed by atoms with Crippen LogP contribution in [0, 0.1) is 17.1 Å². The van der Waals surface area contributed by atoms with Gasteiger partial charge in [-0.1, -0.05) is 12.1 Å². The summed E-state index contributed by atoms with van der Waals surface area (Å²) >= 11 is 0. The van der Waals surface area contributed by atoms with Crippen LogP contribution in [-0.4, -0.2) is 28.9 Å². The summed E-state index contributed by atoms with van der Waals surface area (Å²) in [4.78, 5) is 33.2. The number of amides is 2. The van der Waals surface area contributed by atoms with Gasteiger partial charge in [0.25, 0.3) is 11.8 Å². The summed E-state index contributed by atoms with van der Waals surface area (Å²) in [5.41, 5.74) is 3.36. The Morgan fingerprint density at radius 1 is 1.15 bits per heavy atom. The zero-order valence-electron chi connectivity index (χ0n) is 17.8. The van der Waals surface area contributed by atoms with Crippen LogP contribution >= 0.6 is 0 Å². The molecule has 4 rings (SSSR count). The number of aromatic nitrogens is 2. The molecule has 2 amide bonds. The lowest BCUT2D eigenvalue weighted by atomic mass is 10.1. The largest absolute Gasteiger partial charge is 0.494 e. The van der Waals surface area contributed by atoms with Crippen LogP contribution in [-0.2, 0) is 13.0 Å². The summed E-state index contributed by atoms with van der Waals surface area (Å²) in [5, 5.41) is 14.7. The fourth-order valence-corrected chi connectivity index (χ4v) is 3.76. The summed E-state index contributed by atoms with van der Waals surface area (Å²) < 4.78 is 18.5. The lowest BCUT2D eigenvalue weighted by Gasteiger charge is -2.14. The highest BCUT2D eigenvalue weighted by molar-refractivity contribution is 5.97. The number of methoxy groups -OCH3 is 1. The molecule has 0 saturated heterocycles. The summed E-state index contributed by atoms with van der Waals surface area (Å²) in [7, 11) is 1.36. The second kappa shape index (κ2) is 9.44. The van der Waals surface area contributed by atoms with Crippen LogP contribution in [0.3, 0.4) is 0 Å². The molecule has 1 aliphatic carbocycles. The molecule has 9 heteroatoms. The van der Waals surface area contributed by atoms with Gasteiger partial charge in [0.05, 0.1) is 24.8 Å². The summed E-state index contributed by atoms with van der Waals surface area (Å²) in [5.74, 6) is -1.32. The molecule has 0 bridgehead atoms. The van der Waals surface area contributed by atoms with E-state index in [-0.39, 0.29) is 29.7 Å². The van der Waals surface area contributed by atoms with Crippen LogP contribution in [0.2, 0.25) is 0 Å². The smallest absolute Gasteiger partial charge is 0.270 e. The van der Waals surface area contributed by atoms with E-state index in [2.05, 4.69) is 26.7 Å². The molecular weight excluding hydrogens is 425 g/mol. The predicted molar refractivity (Wildman–Crippen MR) is 116 cm³/mol. The van der Waals surface area contributed by atoms with E-state index >= 15 is 0 Å². The summed E-state index contributed by atoms with van der Waals surface area (Å²) in [6, 6.07) is 13.0. The van der Waals surface area contributed by atoms with Crippen LogP contribution in [0.15, 0.2) is 48.8 Å². The fraction of sp³-hybridized carbons (Fsp3) is 0.208. The van der Waals surface area contributed by atoms with Gasteiger partial charge >= 0.3 is 0 Å². The number of hydrogen-bond acceptors (Lipinski definition) is 6. The molecule has 0 aliphatic heterocycles. The van der Waals surface area contributed by atoms with Crippen molar-refractivity contribution < 1.29 is 18.7 Å². The number of halogens is 1. The Morgan fingerprint density at radius 3 is 2.70 bits per heavy atom. The zero-order valence-corrected chi connectivity index (χ0v) is 17.8. The Kier molecular flexibility index (Phi) is 6.26. The van der Waals surface area contributed by atoms with Crippen molar-refractivity contribution in [1.29, 1.82) is 5.26 Å². The first-order valence-corrected chi connectivity index (χ1v) is 10.2. The van der Waals surface area contributed by atoms with Crippen molar-refractivity contribution in [3.63, 3.8) is 0 Å². The first kappa shape index (κ1) is 21.9. The van der Waals surface area contributed by atoms with Gasteiger partial charge < -0.3 is 15.4 Å². The molecule has 1 aliphatic rings. The molecule has 8 nitrogen and oxygen atoms in total. The standard InChI is InChI=1S/C24H20FN5O3/c1-33-22-9-15(3-6-18(22)25)12-27-23(31)20-10-21(29-13-28-20)24(32)30-19-7-4-16-8-14(11-26)2-5-17(16)19/h2-3,5-6,8-10,13,19H,4,7,12H2,1H3,(H,27,31)(H,30,32)/t19-/m0/s1. The highest BCUT2D eigenvalue weighted by Gasteiger charge is 2.25. The van der Waals surface area contributed by atoms with Crippen LogP contribution in [0.25, 0.3) is 0 Å². The molecule has 0 unspecified atom stereocenters. The van der Waals surface area contributed by atoms with E-state index < -0.39 is 17.6 Å². The van der Waals surface area contributed by atoms with Gasteiger partial charge in [0.2, 0.25) is 0 Å². The monoisotopic (exact) mass is 445 g/mol. The fourth-order valence-electron chi connectivity index (χ4n) is 3.76. The first-order chi connectivity index (χ1) is 16.0. The molecule has 0 spiro atoms. The van der Waals surface area contributed by atoms with Crippen molar-refractivity contribution in [2.45, 2.75) is 25.4 Å². The molecular formula is C24H20FN5O3. The quantitative estimate of drug-likeness (QED) is 0.603. The Morgan fingerprint density at radius 2 is 1.94 bits per heavy atom. The number of fused-ring (bicyclic) bond motifs is 1. The highest BCUT2D eigenvalue weighted by Crippen LogP contribution is 2.31. The zero-order chi connectivity index (χ0) is 23.4. The number of aryl methyl sites for hydroxylation is 1. The average molecular weight is 445 g/mol. The van der Waals surface area contributed by atoms with E-state index in [1.165, 1.54) is 31.4 Å². The predicted octanol–water partition coefficient (Wildman–Crippen LogP) is 2.84. The van der Waals surface area contributed by atoms with Gasteiger partial charge in [-0.05, 0) is 53.8 Å². The maximum atomic E-state index is 13.5. The Bertz CT molecular complexity index is 1270. The number of nitriles is 1. The topological polar surface area (TPSA) is 117 Å². The van der Waals surface area contributed by atoms with Crippen LogP contribution in [0.4, 0.5) is 4.39 Å². The number of nitrogens with one attached hydrogen (secondary N) is 2. The molecule has 1 atom stereocenters. The number of rotatable bonds is 6. The Hall–Kier alpha value is -4.32. The highest BCUT2D eigenvalue weighted by atomic mass is 19.1. The van der Waals surface area contributed by atoms with Gasteiger partial charge in [0.1, 0.15) is 17.7 Å². The molecule has 0 fully saturated rings. The molecule has 2 aromatic carbocycles. The lowest BCUT2D eigenvalue weighted by molar-refractivity contribution is 0.0931. The number of benzene rings is 2. The molecule has 2 N–H and O–H groups in total. The number of hydrogen-bond donors (Lipinski definition) is 2. The van der Waals surface area contributed by atoms with Gasteiger partial charge in [-0.3, -0.25) is 9.59 Å². The second-order valence-corrected chi connectivity index (χ2v) is 7.53. The molecule has 1 aromatic heterocycles. The number of ether oxygens (including phenoxy) is 1. The van der Waals surface area contributed by atoms with E-state index in [1.807, 2.05) is 12.1 Å². The van der Waals surface area contributed by atoms with E-state index in [0.717, 1.165) is 30.3 Å². The maximum absolute atomic E-state index is 13.5. The van der Waals surface area contributed by atoms with E-state index in [1.54, 1.807) is 6.07 Å². The van der Waals surface area contributed by atoms with Crippen LogP contribution < -0.4 is 15.4 Å². The molecule has 0 saturated carbocycles.